The van der Waals surface area contributed by atoms with E-state index in [1.54, 1.807) is 11.8 Å². The maximum absolute atomic E-state index is 12.3. The molecule has 26 heavy (non-hydrogen) atoms. The minimum atomic E-state index is -0.502. The first-order valence-corrected chi connectivity index (χ1v) is 9.11. The highest BCUT2D eigenvalue weighted by Gasteiger charge is 2.29. The van der Waals surface area contributed by atoms with E-state index >= 15 is 0 Å². The number of ether oxygens (including phenoxy) is 1. The summed E-state index contributed by atoms with van der Waals surface area (Å²) in [7, 11) is 0. The molecule has 0 aliphatic carbocycles. The highest BCUT2D eigenvalue weighted by molar-refractivity contribution is 5.76. The molecule has 2 aliphatic rings. The van der Waals surface area contributed by atoms with Gasteiger partial charge in [0.2, 0.25) is 5.91 Å². The first-order valence-electron chi connectivity index (χ1n) is 9.11. The van der Waals surface area contributed by atoms with Crippen LogP contribution in [-0.2, 0) is 22.6 Å². The van der Waals surface area contributed by atoms with Crippen molar-refractivity contribution in [2.24, 2.45) is 10.9 Å². The minimum Gasteiger partial charge on any atom is -0.444 e. The lowest BCUT2D eigenvalue weighted by molar-refractivity contribution is -0.127. The van der Waals surface area contributed by atoms with Crippen LogP contribution in [0.5, 0.6) is 0 Å². The standard InChI is InChI=1S/C20H27N3O3/c1-14(24)22-9-8-15(11-22)10-21-18-7-5-6-16-12-23(13-17(16)18)19(25)26-20(2,3)4/h5-7,10,15H,8-9,11-13H2,1-4H3. The summed E-state index contributed by atoms with van der Waals surface area (Å²) in [6.07, 6.45) is 2.60. The number of nitrogens with zero attached hydrogens (tertiary/aromatic N) is 3. The van der Waals surface area contributed by atoms with Crippen LogP contribution < -0.4 is 0 Å². The number of hydrogen-bond donors (Lipinski definition) is 0. The van der Waals surface area contributed by atoms with E-state index in [0.29, 0.717) is 13.1 Å². The van der Waals surface area contributed by atoms with Crippen LogP contribution >= 0.6 is 0 Å². The Balaban J connectivity index is 1.68. The maximum Gasteiger partial charge on any atom is 0.410 e. The Hall–Kier alpha value is -2.37. The number of benzene rings is 1. The Morgan fingerprint density at radius 3 is 2.65 bits per heavy atom. The van der Waals surface area contributed by atoms with Crippen molar-refractivity contribution in [2.45, 2.75) is 52.8 Å². The third-order valence-corrected chi connectivity index (χ3v) is 4.70. The van der Waals surface area contributed by atoms with Gasteiger partial charge in [-0.1, -0.05) is 12.1 Å². The average Bonchev–Trinajstić information content (AvgIpc) is 3.18. The molecule has 0 bridgehead atoms. The van der Waals surface area contributed by atoms with Crippen molar-refractivity contribution < 1.29 is 14.3 Å². The summed E-state index contributed by atoms with van der Waals surface area (Å²) >= 11 is 0. The van der Waals surface area contributed by atoms with Gasteiger partial charge in [0, 0.05) is 44.3 Å². The average molecular weight is 357 g/mol. The fourth-order valence-electron chi connectivity index (χ4n) is 3.36. The number of hydrogen-bond acceptors (Lipinski definition) is 4. The van der Waals surface area contributed by atoms with Crippen molar-refractivity contribution in [3.05, 3.63) is 29.3 Å². The van der Waals surface area contributed by atoms with E-state index < -0.39 is 5.60 Å². The van der Waals surface area contributed by atoms with E-state index in [1.807, 2.05) is 50.1 Å². The zero-order chi connectivity index (χ0) is 18.9. The largest absolute Gasteiger partial charge is 0.444 e. The predicted molar refractivity (Wildman–Crippen MR) is 100 cm³/mol. The van der Waals surface area contributed by atoms with Crippen molar-refractivity contribution >= 4 is 23.9 Å². The fourth-order valence-corrected chi connectivity index (χ4v) is 3.36. The van der Waals surface area contributed by atoms with Gasteiger partial charge in [-0.25, -0.2) is 4.79 Å². The van der Waals surface area contributed by atoms with Gasteiger partial charge in [-0.3, -0.25) is 14.7 Å². The quantitative estimate of drug-likeness (QED) is 0.761. The summed E-state index contributed by atoms with van der Waals surface area (Å²) in [5.74, 6) is 0.410. The van der Waals surface area contributed by atoms with Gasteiger partial charge in [0.1, 0.15) is 5.60 Å². The van der Waals surface area contributed by atoms with E-state index in [0.717, 1.165) is 36.3 Å². The van der Waals surface area contributed by atoms with E-state index in [1.165, 1.54) is 0 Å². The molecule has 0 spiro atoms. The van der Waals surface area contributed by atoms with Gasteiger partial charge in [-0.15, -0.1) is 0 Å². The lowest BCUT2D eigenvalue weighted by Crippen LogP contribution is -2.33. The second kappa shape index (κ2) is 7.09. The lowest BCUT2D eigenvalue weighted by atomic mass is 10.1. The molecule has 6 nitrogen and oxygen atoms in total. The van der Waals surface area contributed by atoms with Gasteiger partial charge in [0.05, 0.1) is 12.2 Å². The smallest absolute Gasteiger partial charge is 0.410 e. The molecule has 2 amide bonds. The van der Waals surface area contributed by atoms with Crippen LogP contribution in [0.3, 0.4) is 0 Å². The van der Waals surface area contributed by atoms with Crippen LogP contribution in [0.2, 0.25) is 0 Å². The molecule has 0 N–H and O–H groups in total. The van der Waals surface area contributed by atoms with Gasteiger partial charge in [0.15, 0.2) is 0 Å². The van der Waals surface area contributed by atoms with Crippen molar-refractivity contribution in [3.63, 3.8) is 0 Å². The van der Waals surface area contributed by atoms with Crippen LogP contribution in [0.15, 0.2) is 23.2 Å². The second-order valence-corrected chi connectivity index (χ2v) is 8.04. The number of amides is 2. The second-order valence-electron chi connectivity index (χ2n) is 8.04. The summed E-state index contributed by atoms with van der Waals surface area (Å²) in [6.45, 7) is 9.82. The van der Waals surface area contributed by atoms with Crippen LogP contribution in [0.4, 0.5) is 10.5 Å². The minimum absolute atomic E-state index is 0.120. The maximum atomic E-state index is 12.3. The molecule has 0 aromatic heterocycles. The molecule has 1 fully saturated rings. The molecule has 3 rings (SSSR count). The Labute approximate surface area is 154 Å². The third-order valence-electron chi connectivity index (χ3n) is 4.70. The highest BCUT2D eigenvalue weighted by Crippen LogP contribution is 2.32. The van der Waals surface area contributed by atoms with Crippen LogP contribution in [0.1, 0.15) is 45.2 Å². The summed E-state index contributed by atoms with van der Waals surface area (Å²) in [4.78, 5) is 32.0. The van der Waals surface area contributed by atoms with Gasteiger partial charge in [-0.05, 0) is 38.8 Å². The molecule has 1 aromatic carbocycles. The topological polar surface area (TPSA) is 62.2 Å². The zero-order valence-corrected chi connectivity index (χ0v) is 16.0. The SMILES string of the molecule is CC(=O)N1CCC(C=Nc2cccc3c2CN(C(=O)OC(C)(C)C)C3)C1. The van der Waals surface area contributed by atoms with Gasteiger partial charge in [-0.2, -0.15) is 0 Å². The Morgan fingerprint density at radius 1 is 1.23 bits per heavy atom. The van der Waals surface area contributed by atoms with E-state index in [9.17, 15) is 9.59 Å². The third kappa shape index (κ3) is 4.23. The molecule has 1 atom stereocenters. The number of likely N-dealkylation sites (tertiary alicyclic amines) is 1. The van der Waals surface area contributed by atoms with E-state index in [4.69, 9.17) is 4.74 Å². The molecular formula is C20H27N3O3. The van der Waals surface area contributed by atoms with Crippen LogP contribution in [-0.4, -0.2) is 46.7 Å². The van der Waals surface area contributed by atoms with Crippen molar-refractivity contribution in [3.8, 4) is 0 Å². The number of rotatable bonds is 2. The van der Waals surface area contributed by atoms with E-state index in [-0.39, 0.29) is 17.9 Å². The molecule has 0 radical (unpaired) electrons. The molecular weight excluding hydrogens is 330 g/mol. The van der Waals surface area contributed by atoms with Gasteiger partial charge >= 0.3 is 6.09 Å². The molecule has 6 heteroatoms. The van der Waals surface area contributed by atoms with Gasteiger partial charge in [0.25, 0.3) is 0 Å². The summed E-state index contributed by atoms with van der Waals surface area (Å²) in [6, 6.07) is 5.98. The van der Waals surface area contributed by atoms with Crippen LogP contribution in [0.25, 0.3) is 0 Å². The van der Waals surface area contributed by atoms with Crippen molar-refractivity contribution in [2.75, 3.05) is 13.1 Å². The summed E-state index contributed by atoms with van der Waals surface area (Å²) < 4.78 is 5.48. The number of carbonyl (C=O) groups excluding carboxylic acids is 2. The Morgan fingerprint density at radius 2 is 2.00 bits per heavy atom. The number of aliphatic imine (C=N–C) groups is 1. The number of fused-ring (bicyclic) bond motifs is 1. The zero-order valence-electron chi connectivity index (χ0n) is 16.0. The monoisotopic (exact) mass is 357 g/mol. The first kappa shape index (κ1) is 18.4. The predicted octanol–water partition coefficient (Wildman–Crippen LogP) is 3.51. The normalized spacial score (nSPS) is 19.9. The first-order chi connectivity index (χ1) is 12.2. The van der Waals surface area contributed by atoms with Crippen molar-refractivity contribution in [1.29, 1.82) is 0 Å². The molecule has 140 valence electrons. The molecule has 1 unspecified atom stereocenters. The number of carbonyl (C=O) groups is 2. The molecule has 1 saturated heterocycles. The summed E-state index contributed by atoms with van der Waals surface area (Å²) in [5.41, 5.74) is 2.59. The lowest BCUT2D eigenvalue weighted by Gasteiger charge is -2.24. The molecule has 0 saturated carbocycles. The summed E-state index contributed by atoms with van der Waals surface area (Å²) in [5, 5.41) is 0. The molecule has 2 aliphatic heterocycles. The molecule has 2 heterocycles. The highest BCUT2D eigenvalue weighted by atomic mass is 16.6. The molecule has 1 aromatic rings. The van der Waals surface area contributed by atoms with E-state index in [2.05, 4.69) is 4.99 Å². The Kier molecular flexibility index (Phi) is 5.03. The van der Waals surface area contributed by atoms with Crippen LogP contribution in [0, 0.1) is 5.92 Å². The van der Waals surface area contributed by atoms with Gasteiger partial charge < -0.3 is 9.64 Å². The fraction of sp³-hybridized carbons (Fsp3) is 0.550. The van der Waals surface area contributed by atoms with Crippen molar-refractivity contribution in [1.82, 2.24) is 9.80 Å². The Bertz CT molecular complexity index is 736.